The second-order valence-corrected chi connectivity index (χ2v) is 7.95. The minimum Gasteiger partial charge on any atom is -0.480 e. The van der Waals surface area contributed by atoms with Crippen LogP contribution in [0.4, 0.5) is 4.39 Å². The highest BCUT2D eigenvalue weighted by Gasteiger charge is 2.36. The van der Waals surface area contributed by atoms with E-state index in [2.05, 4.69) is 21.5 Å². The van der Waals surface area contributed by atoms with Gasteiger partial charge in [0.1, 0.15) is 18.2 Å². The molecule has 1 aromatic carbocycles. The summed E-state index contributed by atoms with van der Waals surface area (Å²) in [5.74, 6) is 1.29. The molecule has 152 valence electrons. The van der Waals surface area contributed by atoms with Gasteiger partial charge in [0.2, 0.25) is 5.96 Å². The normalized spacial score (nSPS) is 26.1. The number of fused-ring (bicyclic) bond motifs is 2. The van der Waals surface area contributed by atoms with Crippen LogP contribution in [0.1, 0.15) is 31.7 Å². The van der Waals surface area contributed by atoms with Crippen molar-refractivity contribution in [2.24, 2.45) is 15.9 Å². The van der Waals surface area contributed by atoms with Gasteiger partial charge in [0.15, 0.2) is 6.10 Å². The molecule has 2 atom stereocenters. The average molecular weight is 397 g/mol. The first kappa shape index (κ1) is 18.3. The second kappa shape index (κ2) is 7.26. The molecule has 4 aliphatic rings. The van der Waals surface area contributed by atoms with E-state index in [9.17, 15) is 9.18 Å². The smallest absolute Gasteiger partial charge is 0.263 e. The maximum absolute atomic E-state index is 13.4. The Morgan fingerprint density at radius 3 is 3.14 bits per heavy atom. The fraction of sp³-hybridized carbons (Fsp3) is 0.476. The zero-order valence-electron chi connectivity index (χ0n) is 16.4. The monoisotopic (exact) mass is 397 g/mol. The van der Waals surface area contributed by atoms with Crippen molar-refractivity contribution in [2.75, 3.05) is 19.8 Å². The molecule has 4 heterocycles. The van der Waals surface area contributed by atoms with Crippen molar-refractivity contribution in [2.45, 2.75) is 38.7 Å². The van der Waals surface area contributed by atoms with Crippen LogP contribution in [0.15, 0.2) is 40.0 Å². The largest absolute Gasteiger partial charge is 0.480 e. The summed E-state index contributed by atoms with van der Waals surface area (Å²) in [6, 6.07) is 4.50. The van der Waals surface area contributed by atoms with Crippen LogP contribution in [0, 0.1) is 11.7 Å². The van der Waals surface area contributed by atoms with Crippen molar-refractivity contribution in [1.29, 1.82) is 0 Å². The number of nitrogens with zero attached hydrogens (tertiary/aromatic N) is 4. The van der Waals surface area contributed by atoms with Gasteiger partial charge in [0.25, 0.3) is 5.91 Å². The van der Waals surface area contributed by atoms with Gasteiger partial charge in [-0.05, 0) is 62.4 Å². The van der Waals surface area contributed by atoms with Crippen LogP contribution in [-0.2, 0) is 11.2 Å². The highest BCUT2D eigenvalue weighted by atomic mass is 19.1. The van der Waals surface area contributed by atoms with E-state index in [1.807, 2.05) is 16.8 Å². The molecular formula is C21H24FN5O2. The molecule has 1 fully saturated rings. The van der Waals surface area contributed by atoms with Crippen LogP contribution < -0.4 is 10.2 Å². The summed E-state index contributed by atoms with van der Waals surface area (Å²) in [6.45, 7) is 3.88. The van der Waals surface area contributed by atoms with Crippen molar-refractivity contribution < 1.29 is 13.9 Å². The van der Waals surface area contributed by atoms with Crippen LogP contribution in [0.25, 0.3) is 0 Å². The topological polar surface area (TPSA) is 69.5 Å². The zero-order chi connectivity index (χ0) is 20.0. The number of rotatable bonds is 2. The predicted molar refractivity (Wildman–Crippen MR) is 107 cm³/mol. The number of guanidine groups is 1. The van der Waals surface area contributed by atoms with Crippen LogP contribution in [0.5, 0.6) is 5.75 Å². The number of piperidine rings is 1. The lowest BCUT2D eigenvalue weighted by Crippen LogP contribution is -2.50. The van der Waals surface area contributed by atoms with Gasteiger partial charge >= 0.3 is 0 Å². The van der Waals surface area contributed by atoms with E-state index < -0.39 is 6.10 Å². The minimum atomic E-state index is -0.502. The van der Waals surface area contributed by atoms with Crippen molar-refractivity contribution in [1.82, 2.24) is 15.3 Å². The molecule has 0 aromatic heterocycles. The van der Waals surface area contributed by atoms with Crippen molar-refractivity contribution in [3.63, 3.8) is 0 Å². The average Bonchev–Trinajstić information content (AvgIpc) is 3.20. The molecule has 0 bridgehead atoms. The van der Waals surface area contributed by atoms with E-state index in [-0.39, 0.29) is 17.6 Å². The molecule has 0 aliphatic carbocycles. The number of nitrogens with one attached hydrogen (secondary N) is 1. The van der Waals surface area contributed by atoms with Gasteiger partial charge < -0.3 is 9.64 Å². The summed E-state index contributed by atoms with van der Waals surface area (Å²) in [5.41, 5.74) is 6.13. The van der Waals surface area contributed by atoms with Crippen LogP contribution in [0.3, 0.4) is 0 Å². The third-order valence-corrected chi connectivity index (χ3v) is 5.94. The number of allylic oxidation sites excluding steroid dienone is 1. The molecule has 0 spiro atoms. The first-order valence-electron chi connectivity index (χ1n) is 10.2. The van der Waals surface area contributed by atoms with E-state index in [4.69, 9.17) is 4.74 Å². The number of carbonyl (C=O) groups is 1. The number of halogens is 1. The quantitative estimate of drug-likeness (QED) is 0.831. The maximum atomic E-state index is 13.4. The first-order valence-corrected chi connectivity index (χ1v) is 10.2. The van der Waals surface area contributed by atoms with Crippen molar-refractivity contribution in [3.8, 4) is 5.75 Å². The van der Waals surface area contributed by atoms with E-state index in [0.717, 1.165) is 36.4 Å². The molecule has 1 amide bonds. The number of likely N-dealkylation sites (tertiary alicyclic amines) is 1. The molecule has 29 heavy (non-hydrogen) atoms. The Balaban J connectivity index is 1.30. The SMILES string of the molecule is CC1=NC2=NCNN2C(C2CCCN(C(=O)C3CCc4cc(F)ccc4O3)C2)=C1. The number of aryl methyl sites for hydroxylation is 1. The van der Waals surface area contributed by atoms with Gasteiger partial charge in [-0.2, -0.15) is 0 Å². The lowest BCUT2D eigenvalue weighted by atomic mass is 9.92. The summed E-state index contributed by atoms with van der Waals surface area (Å²) in [6.07, 6.45) is 4.77. The molecule has 0 radical (unpaired) electrons. The summed E-state index contributed by atoms with van der Waals surface area (Å²) in [5, 5.41) is 1.95. The molecule has 8 heteroatoms. The number of hydrogen-bond donors (Lipinski definition) is 1. The minimum absolute atomic E-state index is 0.0229. The van der Waals surface area contributed by atoms with E-state index >= 15 is 0 Å². The Morgan fingerprint density at radius 2 is 2.24 bits per heavy atom. The Kier molecular flexibility index (Phi) is 4.58. The molecule has 5 rings (SSSR count). The summed E-state index contributed by atoms with van der Waals surface area (Å²) in [7, 11) is 0. The van der Waals surface area contributed by atoms with Gasteiger partial charge in [-0.1, -0.05) is 0 Å². The number of amides is 1. The molecule has 1 aromatic rings. The molecule has 1 saturated heterocycles. The number of hydrogen-bond acceptors (Lipinski definition) is 6. The number of carbonyl (C=O) groups excluding carboxylic acids is 1. The van der Waals surface area contributed by atoms with Crippen molar-refractivity contribution >= 4 is 17.6 Å². The van der Waals surface area contributed by atoms with Gasteiger partial charge in [-0.15, -0.1) is 0 Å². The van der Waals surface area contributed by atoms with Crippen molar-refractivity contribution in [3.05, 3.63) is 41.4 Å². The van der Waals surface area contributed by atoms with Crippen LogP contribution in [0.2, 0.25) is 0 Å². The molecule has 1 N–H and O–H groups in total. The number of benzene rings is 1. The predicted octanol–water partition coefficient (Wildman–Crippen LogP) is 2.25. The Morgan fingerprint density at radius 1 is 1.34 bits per heavy atom. The van der Waals surface area contributed by atoms with Crippen LogP contribution >= 0.6 is 0 Å². The van der Waals surface area contributed by atoms with Gasteiger partial charge in [0, 0.05) is 30.4 Å². The van der Waals surface area contributed by atoms with E-state index in [1.54, 1.807) is 6.07 Å². The lowest BCUT2D eigenvalue weighted by Gasteiger charge is -2.39. The number of aliphatic imine (C=N–C) groups is 2. The summed E-state index contributed by atoms with van der Waals surface area (Å²) in [4.78, 5) is 24.0. The lowest BCUT2D eigenvalue weighted by molar-refractivity contribution is -0.141. The highest BCUT2D eigenvalue weighted by molar-refractivity contribution is 6.05. The van der Waals surface area contributed by atoms with Gasteiger partial charge in [-0.25, -0.2) is 24.8 Å². The number of ether oxygens (including phenoxy) is 1. The van der Waals surface area contributed by atoms with Gasteiger partial charge in [-0.3, -0.25) is 4.79 Å². The Hall–Kier alpha value is -2.74. The summed E-state index contributed by atoms with van der Waals surface area (Å²) < 4.78 is 19.4. The Labute approximate surface area is 168 Å². The summed E-state index contributed by atoms with van der Waals surface area (Å²) >= 11 is 0. The second-order valence-electron chi connectivity index (χ2n) is 7.95. The molecule has 2 unspecified atom stereocenters. The maximum Gasteiger partial charge on any atom is 0.263 e. The van der Waals surface area contributed by atoms with Crippen LogP contribution in [-0.4, -0.2) is 53.3 Å². The molecule has 0 saturated carbocycles. The van der Waals surface area contributed by atoms with Gasteiger partial charge in [0.05, 0.1) is 0 Å². The zero-order valence-corrected chi connectivity index (χ0v) is 16.4. The molecule has 7 nitrogen and oxygen atoms in total. The molecule has 4 aliphatic heterocycles. The van der Waals surface area contributed by atoms with E-state index in [1.165, 1.54) is 12.1 Å². The highest BCUT2D eigenvalue weighted by Crippen LogP contribution is 2.32. The third-order valence-electron chi connectivity index (χ3n) is 5.94. The standard InChI is InChI=1S/C21H24FN5O2/c1-13-9-17(27-21(25-13)23-12-24-27)15-3-2-8-26(11-15)20(28)19-6-4-14-10-16(22)5-7-18(14)29-19/h5,7,9-10,15,19,24H,2-4,6,8,11-12H2,1H3. The number of hydrazine groups is 1. The first-order chi connectivity index (χ1) is 14.1. The fourth-order valence-corrected chi connectivity index (χ4v) is 4.53. The third kappa shape index (κ3) is 3.42. The molecular weight excluding hydrogens is 373 g/mol. The fourth-order valence-electron chi connectivity index (χ4n) is 4.53. The van der Waals surface area contributed by atoms with E-state index in [0.29, 0.717) is 37.8 Å². The Bertz CT molecular complexity index is 941.